The molecule has 0 bridgehead atoms. The minimum Gasteiger partial charge on any atom is -0.401 e. The lowest BCUT2D eigenvalue weighted by molar-refractivity contribution is 0.564. The highest BCUT2D eigenvalue weighted by Gasteiger charge is 2.27. The quantitative estimate of drug-likeness (QED) is 0.628. The predicted molar refractivity (Wildman–Crippen MR) is 103 cm³/mol. The lowest BCUT2D eigenvalue weighted by Gasteiger charge is -2.22. The van der Waals surface area contributed by atoms with E-state index in [1.807, 2.05) is 30.3 Å². The smallest absolute Gasteiger partial charge is 0.129 e. The van der Waals surface area contributed by atoms with Crippen LogP contribution in [0.15, 0.2) is 59.1 Å². The number of halogens is 2. The molecular weight excluding hydrogens is 357 g/mol. The monoisotopic (exact) mass is 377 g/mol. The molecule has 0 aliphatic heterocycles. The van der Waals surface area contributed by atoms with Gasteiger partial charge in [0, 0.05) is 27.7 Å². The van der Waals surface area contributed by atoms with E-state index in [1.165, 1.54) is 6.07 Å². The molecule has 3 nitrogen and oxygen atoms in total. The summed E-state index contributed by atoms with van der Waals surface area (Å²) >= 11 is 7.45. The van der Waals surface area contributed by atoms with Gasteiger partial charge in [-0.3, -0.25) is 5.14 Å². The fraction of sp³-hybridized carbons (Fsp3) is 0.263. The van der Waals surface area contributed by atoms with Crippen molar-refractivity contribution in [3.63, 3.8) is 0 Å². The second-order valence-corrected chi connectivity index (χ2v) is 7.27. The Balaban J connectivity index is 1.91. The summed E-state index contributed by atoms with van der Waals surface area (Å²) in [6, 6.07) is 14.0. The number of allylic oxidation sites excluding steroid dienone is 1. The van der Waals surface area contributed by atoms with E-state index in [1.54, 1.807) is 12.1 Å². The molecule has 1 fully saturated rings. The van der Waals surface area contributed by atoms with Gasteiger partial charge in [0.15, 0.2) is 0 Å². The van der Waals surface area contributed by atoms with E-state index in [0.717, 1.165) is 41.0 Å². The summed E-state index contributed by atoms with van der Waals surface area (Å²) in [5, 5.41) is 9.58. The Labute approximate surface area is 156 Å². The zero-order valence-electron chi connectivity index (χ0n) is 13.7. The molecule has 25 heavy (non-hydrogen) atoms. The summed E-state index contributed by atoms with van der Waals surface area (Å²) < 4.78 is 14.5. The van der Waals surface area contributed by atoms with Crippen LogP contribution >= 0.6 is 23.5 Å². The molecule has 1 atom stereocenters. The lowest BCUT2D eigenvalue weighted by atomic mass is 9.98. The summed E-state index contributed by atoms with van der Waals surface area (Å²) in [5.74, 6) is 0.0926. The average molecular weight is 378 g/mol. The highest BCUT2D eigenvalue weighted by Crippen LogP contribution is 2.37. The van der Waals surface area contributed by atoms with Gasteiger partial charge in [0.05, 0.1) is 6.04 Å². The van der Waals surface area contributed by atoms with Crippen molar-refractivity contribution in [3.8, 4) is 0 Å². The first-order valence-corrected chi connectivity index (χ1v) is 9.45. The van der Waals surface area contributed by atoms with E-state index >= 15 is 0 Å². The molecule has 0 radical (unpaired) electrons. The van der Waals surface area contributed by atoms with Crippen molar-refractivity contribution in [2.75, 3.05) is 6.54 Å². The molecule has 0 amide bonds. The molecule has 132 valence electrons. The Bertz CT molecular complexity index is 742. The second kappa shape index (κ2) is 8.23. The zero-order valence-corrected chi connectivity index (χ0v) is 15.3. The molecule has 6 heteroatoms. The van der Waals surface area contributed by atoms with Crippen molar-refractivity contribution in [1.82, 2.24) is 5.32 Å². The van der Waals surface area contributed by atoms with Crippen molar-refractivity contribution in [1.29, 1.82) is 0 Å². The van der Waals surface area contributed by atoms with E-state index in [2.05, 4.69) is 5.32 Å². The molecule has 1 aliphatic carbocycles. The van der Waals surface area contributed by atoms with Crippen LogP contribution in [0.3, 0.4) is 0 Å². The maximum Gasteiger partial charge on any atom is 0.129 e. The van der Waals surface area contributed by atoms with Crippen molar-refractivity contribution in [2.45, 2.75) is 18.9 Å². The second-order valence-electron chi connectivity index (χ2n) is 6.13. The van der Waals surface area contributed by atoms with Crippen LogP contribution in [-0.4, -0.2) is 6.54 Å². The number of hydrogen-bond donors (Lipinski definition) is 3. The molecule has 2 aromatic rings. The molecule has 0 heterocycles. The topological polar surface area (TPSA) is 64.1 Å². The molecule has 3 rings (SSSR count). The van der Waals surface area contributed by atoms with Gasteiger partial charge in [-0.2, -0.15) is 0 Å². The van der Waals surface area contributed by atoms with Crippen LogP contribution in [0.5, 0.6) is 0 Å². The van der Waals surface area contributed by atoms with E-state index in [0.29, 0.717) is 23.0 Å². The molecule has 0 aromatic heterocycles. The summed E-state index contributed by atoms with van der Waals surface area (Å²) in [6.45, 7) is 0.466. The molecular formula is C19H21ClFN3S. The van der Waals surface area contributed by atoms with Gasteiger partial charge in [-0.05, 0) is 48.4 Å². The third-order valence-electron chi connectivity index (χ3n) is 4.37. The van der Waals surface area contributed by atoms with Gasteiger partial charge in [-0.25, -0.2) is 4.39 Å². The highest BCUT2D eigenvalue weighted by molar-refractivity contribution is 8.01. The van der Waals surface area contributed by atoms with Crippen LogP contribution in [0.2, 0.25) is 5.02 Å². The van der Waals surface area contributed by atoms with Gasteiger partial charge in [-0.15, -0.1) is 0 Å². The first-order chi connectivity index (χ1) is 12.1. The molecule has 1 saturated carbocycles. The summed E-state index contributed by atoms with van der Waals surface area (Å²) in [5.41, 5.74) is 8.40. The van der Waals surface area contributed by atoms with Gasteiger partial charge < -0.3 is 11.1 Å². The highest BCUT2D eigenvalue weighted by atomic mass is 35.5. The summed E-state index contributed by atoms with van der Waals surface area (Å²) in [4.78, 5) is 0.899. The first-order valence-electron chi connectivity index (χ1n) is 8.19. The van der Waals surface area contributed by atoms with Crippen LogP contribution < -0.4 is 16.2 Å². The van der Waals surface area contributed by atoms with Crippen molar-refractivity contribution in [2.24, 2.45) is 16.8 Å². The number of nitrogens with two attached hydrogens (primary N) is 2. The van der Waals surface area contributed by atoms with E-state index in [9.17, 15) is 4.39 Å². The summed E-state index contributed by atoms with van der Waals surface area (Å²) in [6.07, 6.45) is 2.22. The SMILES string of the molecule is NS/C(CNC(c1ccccc1)c1c(F)cccc1Cl)=C(\N)C1CC1. The molecule has 2 aromatic carbocycles. The molecule has 0 spiro atoms. The number of rotatable bonds is 7. The third kappa shape index (κ3) is 4.36. The Kier molecular flexibility index (Phi) is 6.02. The van der Waals surface area contributed by atoms with Gasteiger partial charge in [0.1, 0.15) is 5.82 Å². The fourth-order valence-electron chi connectivity index (χ4n) is 2.85. The Morgan fingerprint density at radius 2 is 1.92 bits per heavy atom. The first kappa shape index (κ1) is 18.3. The lowest BCUT2D eigenvalue weighted by Crippen LogP contribution is -2.27. The maximum atomic E-state index is 14.5. The van der Waals surface area contributed by atoms with Crippen LogP contribution in [0, 0.1) is 11.7 Å². The van der Waals surface area contributed by atoms with E-state index < -0.39 is 0 Å². The number of benzene rings is 2. The maximum absolute atomic E-state index is 14.5. The Hall–Kier alpha value is -1.53. The van der Waals surface area contributed by atoms with Gasteiger partial charge in [-0.1, -0.05) is 48.0 Å². The van der Waals surface area contributed by atoms with Crippen LogP contribution in [0.25, 0.3) is 0 Å². The minimum absolute atomic E-state index is 0.338. The Morgan fingerprint density at radius 3 is 2.52 bits per heavy atom. The minimum atomic E-state index is -0.385. The van der Waals surface area contributed by atoms with Crippen molar-refractivity contribution < 1.29 is 4.39 Å². The fourth-order valence-corrected chi connectivity index (χ4v) is 3.59. The van der Waals surface area contributed by atoms with Gasteiger partial charge in [0.2, 0.25) is 0 Å². The normalized spacial score (nSPS) is 16.4. The Morgan fingerprint density at radius 1 is 1.20 bits per heavy atom. The largest absolute Gasteiger partial charge is 0.401 e. The molecule has 0 saturated heterocycles. The predicted octanol–water partition coefficient (Wildman–Crippen LogP) is 4.35. The van der Waals surface area contributed by atoms with E-state index in [-0.39, 0.29) is 11.9 Å². The van der Waals surface area contributed by atoms with Crippen LogP contribution in [0.1, 0.15) is 30.0 Å². The van der Waals surface area contributed by atoms with E-state index in [4.69, 9.17) is 22.5 Å². The molecule has 1 aliphatic rings. The molecule has 5 N–H and O–H groups in total. The van der Waals surface area contributed by atoms with Crippen molar-refractivity contribution in [3.05, 3.63) is 81.1 Å². The van der Waals surface area contributed by atoms with Crippen molar-refractivity contribution >= 4 is 23.5 Å². The number of hydrogen-bond acceptors (Lipinski definition) is 4. The third-order valence-corrected chi connectivity index (χ3v) is 5.36. The van der Waals surface area contributed by atoms with Gasteiger partial charge >= 0.3 is 0 Å². The zero-order chi connectivity index (χ0) is 17.8. The standard InChI is InChI=1S/C19H21ClFN3S/c20-14-7-4-8-15(21)17(14)19(13-5-2-1-3-6-13)24-11-16(25-23)18(22)12-9-10-12/h1-8,12,19,24H,9-11,22-23H2/b18-16-. The summed E-state index contributed by atoms with van der Waals surface area (Å²) in [7, 11) is 0. The van der Waals surface area contributed by atoms with Gasteiger partial charge in [0.25, 0.3) is 0 Å². The average Bonchev–Trinajstić information content (AvgIpc) is 3.46. The van der Waals surface area contributed by atoms with Crippen LogP contribution in [-0.2, 0) is 0 Å². The number of nitrogens with one attached hydrogen (secondary N) is 1. The van der Waals surface area contributed by atoms with Crippen LogP contribution in [0.4, 0.5) is 4.39 Å². The molecule has 1 unspecified atom stereocenters.